The van der Waals surface area contributed by atoms with E-state index in [0.717, 1.165) is 54.8 Å². The summed E-state index contributed by atoms with van der Waals surface area (Å²) in [6, 6.07) is 45.2. The first kappa shape index (κ1) is 45.0. The Bertz CT molecular complexity index is 2440. The van der Waals surface area contributed by atoms with Crippen LogP contribution in [0.25, 0.3) is 11.6 Å². The number of nitrogens with zero attached hydrogens (tertiary/aromatic N) is 2. The highest BCUT2D eigenvalue weighted by atomic mass is 28.4. The van der Waals surface area contributed by atoms with Gasteiger partial charge in [-0.2, -0.15) is 0 Å². The summed E-state index contributed by atoms with van der Waals surface area (Å²) < 4.78 is 20.1. The van der Waals surface area contributed by atoms with Gasteiger partial charge in [-0.25, -0.2) is 0 Å². The van der Waals surface area contributed by atoms with E-state index in [1.54, 1.807) is 11.0 Å². The molecule has 9 rings (SSSR count). The molecule has 65 heavy (non-hydrogen) atoms. The topological polar surface area (TPSA) is 113 Å². The van der Waals surface area contributed by atoms with Crippen LogP contribution < -0.4 is 10.4 Å². The van der Waals surface area contributed by atoms with Crippen LogP contribution in [0.15, 0.2) is 149 Å². The van der Waals surface area contributed by atoms with Crippen molar-refractivity contribution in [3.63, 3.8) is 0 Å². The third kappa shape index (κ3) is 9.20. The van der Waals surface area contributed by atoms with Gasteiger partial charge in [0.25, 0.3) is 8.32 Å². The van der Waals surface area contributed by atoms with Crippen LogP contribution in [0.4, 0.5) is 0 Å². The van der Waals surface area contributed by atoms with Gasteiger partial charge in [-0.15, -0.1) is 0 Å². The molecule has 2 amide bonds. The molecule has 11 heteroatoms. The lowest BCUT2D eigenvalue weighted by Gasteiger charge is -2.46. The molecule has 1 aliphatic carbocycles. The first-order chi connectivity index (χ1) is 31.5. The molecule has 5 aromatic rings. The minimum Gasteiger partial charge on any atom is -0.459 e. The standard InChI is InChI=1S/C54H61BN2O7Si/c1-54(2,3)65(45-20-12-6-13-21-45,46-22-14-7-15-23-46)62-37-41-33-47-51(53(60)57(52(47)59)42-28-30-56(31-29-42)35-38-16-8-4-9-17-38)48-34-55(61)64-49(50(41)48)27-24-40(39-18-10-5-11-19-39)32-43-25-26-44(36-58)63-43/h4-23,25-26,32,42,47-49,51,58,61H,24,27-31,33-37H2,1-3H3/b40-32-/t47-,48+,49-,51-/m1/s1. The summed E-state index contributed by atoms with van der Waals surface area (Å²) in [5, 5.41) is 23.4. The molecule has 4 aliphatic rings. The Kier molecular flexibility index (Phi) is 13.4. The fourth-order valence-electron chi connectivity index (χ4n) is 11.4. The Hall–Kier alpha value is -5.14. The van der Waals surface area contributed by atoms with Crippen molar-refractivity contribution < 1.29 is 33.2 Å². The Morgan fingerprint density at radius 1 is 0.815 bits per heavy atom. The van der Waals surface area contributed by atoms with E-state index < -0.39 is 33.4 Å². The molecular weight excluding hydrogens is 827 g/mol. The number of hydrogen-bond acceptors (Lipinski definition) is 8. The molecule has 0 unspecified atom stereocenters. The van der Waals surface area contributed by atoms with Gasteiger partial charge < -0.3 is 23.6 Å². The van der Waals surface area contributed by atoms with Crippen LogP contribution in [-0.4, -0.2) is 79.0 Å². The molecular formula is C54H61BN2O7Si. The van der Waals surface area contributed by atoms with Gasteiger partial charge in [-0.05, 0) is 106 Å². The Morgan fingerprint density at radius 3 is 2.03 bits per heavy atom. The van der Waals surface area contributed by atoms with Crippen LogP contribution in [-0.2, 0) is 31.8 Å². The van der Waals surface area contributed by atoms with Crippen molar-refractivity contribution in [1.82, 2.24) is 9.80 Å². The minimum absolute atomic E-state index is 0.0870. The Labute approximate surface area is 385 Å². The van der Waals surface area contributed by atoms with Gasteiger partial charge in [-0.1, -0.05) is 142 Å². The highest BCUT2D eigenvalue weighted by molar-refractivity contribution is 6.99. The number of amides is 2. The predicted octanol–water partition coefficient (Wildman–Crippen LogP) is 8.13. The zero-order valence-corrected chi connectivity index (χ0v) is 38.9. The number of likely N-dealkylation sites (tertiary alicyclic amines) is 2. The van der Waals surface area contributed by atoms with Crippen molar-refractivity contribution in [3.8, 4) is 0 Å². The molecule has 0 radical (unpaired) electrons. The normalized spacial score (nSPS) is 22.4. The average molecular weight is 889 g/mol. The SMILES string of the molecule is CC(C)(C)[Si](OCC1=C2[C@@H](CC/C(=C/c3ccc(CO)o3)c3ccccc3)OB(O)C[C@@H]2[C@@H]2C(=O)N(C3CCN(Cc4ccccc4)CC3)C(=O)[C@@H]2C1)(c1ccccc1)c1ccccc1. The number of allylic oxidation sites excluding steroid dienone is 1. The highest BCUT2D eigenvalue weighted by Crippen LogP contribution is 2.52. The number of carbonyl (C=O) groups excluding carboxylic acids is 2. The van der Waals surface area contributed by atoms with Gasteiger partial charge in [0.05, 0.1) is 24.5 Å². The van der Waals surface area contributed by atoms with E-state index >= 15 is 0 Å². The summed E-state index contributed by atoms with van der Waals surface area (Å²) in [6.45, 7) is 9.34. The second-order valence-corrected chi connectivity index (χ2v) is 23.7. The lowest BCUT2D eigenvalue weighted by Crippen LogP contribution is -2.66. The van der Waals surface area contributed by atoms with Gasteiger partial charge in [0.2, 0.25) is 11.8 Å². The molecule has 336 valence electrons. The number of imide groups is 1. The second-order valence-electron chi connectivity index (χ2n) is 19.3. The largest absolute Gasteiger partial charge is 0.459 e. The second kappa shape index (κ2) is 19.4. The number of fused-ring (bicyclic) bond motifs is 3. The van der Waals surface area contributed by atoms with Gasteiger partial charge >= 0.3 is 7.12 Å². The summed E-state index contributed by atoms with van der Waals surface area (Å²) >= 11 is 0. The number of benzene rings is 4. The maximum absolute atomic E-state index is 15.0. The van der Waals surface area contributed by atoms with Gasteiger partial charge in [0.15, 0.2) is 0 Å². The lowest BCUT2D eigenvalue weighted by atomic mass is 9.58. The molecule has 4 atom stereocenters. The van der Waals surface area contributed by atoms with E-state index in [1.807, 2.05) is 48.5 Å². The molecule has 2 N–H and O–H groups in total. The number of carbonyl (C=O) groups is 2. The third-order valence-corrected chi connectivity index (χ3v) is 19.4. The molecule has 0 spiro atoms. The van der Waals surface area contributed by atoms with E-state index in [2.05, 4.69) is 111 Å². The number of hydrogen-bond donors (Lipinski definition) is 2. The monoisotopic (exact) mass is 888 g/mol. The van der Waals surface area contributed by atoms with E-state index in [-0.39, 0.29) is 48.3 Å². The van der Waals surface area contributed by atoms with Crippen LogP contribution in [0.1, 0.15) is 75.5 Å². The number of rotatable bonds is 14. The van der Waals surface area contributed by atoms with Crippen molar-refractivity contribution in [2.24, 2.45) is 17.8 Å². The molecule has 3 aliphatic heterocycles. The number of aliphatic hydroxyl groups excluding tert-OH is 1. The fraction of sp³-hybridized carbons (Fsp3) is 0.370. The van der Waals surface area contributed by atoms with Crippen molar-refractivity contribution in [2.45, 2.75) is 89.5 Å². The molecule has 9 nitrogen and oxygen atoms in total. The maximum atomic E-state index is 15.0. The first-order valence-corrected chi connectivity index (χ1v) is 25.3. The van der Waals surface area contributed by atoms with Gasteiger partial charge in [0.1, 0.15) is 18.1 Å². The fourth-order valence-corrected chi connectivity index (χ4v) is 15.9. The van der Waals surface area contributed by atoms with Crippen LogP contribution in [0.3, 0.4) is 0 Å². The zero-order chi connectivity index (χ0) is 45.1. The molecule has 3 saturated heterocycles. The molecule has 1 aromatic heterocycles. The quantitative estimate of drug-likeness (QED) is 0.0654. The van der Waals surface area contributed by atoms with Crippen molar-refractivity contribution in [2.75, 3.05) is 19.7 Å². The van der Waals surface area contributed by atoms with E-state index in [1.165, 1.54) is 15.9 Å². The van der Waals surface area contributed by atoms with Crippen LogP contribution in [0, 0.1) is 17.8 Å². The van der Waals surface area contributed by atoms with Crippen LogP contribution in [0.2, 0.25) is 11.4 Å². The van der Waals surface area contributed by atoms with E-state index in [9.17, 15) is 19.7 Å². The average Bonchev–Trinajstić information content (AvgIpc) is 3.89. The predicted molar refractivity (Wildman–Crippen MR) is 258 cm³/mol. The summed E-state index contributed by atoms with van der Waals surface area (Å²) in [5.74, 6) is -0.581. The summed E-state index contributed by atoms with van der Waals surface area (Å²) in [7, 11) is -4.12. The van der Waals surface area contributed by atoms with E-state index in [4.69, 9.17) is 13.5 Å². The van der Waals surface area contributed by atoms with E-state index in [0.29, 0.717) is 30.8 Å². The van der Waals surface area contributed by atoms with Crippen molar-refractivity contribution in [1.29, 1.82) is 0 Å². The molecule has 0 bridgehead atoms. The molecule has 3 fully saturated rings. The van der Waals surface area contributed by atoms with Gasteiger partial charge in [-0.3, -0.25) is 19.4 Å². The smallest absolute Gasteiger partial charge is 0.455 e. The summed E-state index contributed by atoms with van der Waals surface area (Å²) in [5.41, 5.74) is 5.31. The highest BCUT2D eigenvalue weighted by Gasteiger charge is 2.59. The van der Waals surface area contributed by atoms with Gasteiger partial charge in [0, 0.05) is 25.7 Å². The summed E-state index contributed by atoms with van der Waals surface area (Å²) in [6.07, 6.45) is 4.66. The molecule has 4 aromatic carbocycles. The molecule has 4 heterocycles. The number of piperidine rings is 1. The van der Waals surface area contributed by atoms with Crippen LogP contribution >= 0.6 is 0 Å². The first-order valence-electron chi connectivity index (χ1n) is 23.4. The lowest BCUT2D eigenvalue weighted by molar-refractivity contribution is -0.144. The minimum atomic E-state index is -3.02. The Morgan fingerprint density at radius 2 is 1.43 bits per heavy atom. The Balaban J connectivity index is 1.07. The maximum Gasteiger partial charge on any atom is 0.455 e. The van der Waals surface area contributed by atoms with Crippen molar-refractivity contribution >= 4 is 49.3 Å². The number of aliphatic hydroxyl groups is 1. The number of furan rings is 1. The van der Waals surface area contributed by atoms with Crippen molar-refractivity contribution in [3.05, 3.63) is 167 Å². The third-order valence-electron chi connectivity index (χ3n) is 14.4. The molecule has 0 saturated carbocycles. The summed E-state index contributed by atoms with van der Waals surface area (Å²) in [4.78, 5) is 33.9. The van der Waals surface area contributed by atoms with Crippen LogP contribution in [0.5, 0.6) is 0 Å². The zero-order valence-electron chi connectivity index (χ0n) is 37.9.